The van der Waals surface area contributed by atoms with Gasteiger partial charge in [-0.2, -0.15) is 0 Å². The minimum atomic E-state index is -0.727. The maximum Gasteiger partial charge on any atom is 0.305 e. The quantitative estimate of drug-likeness (QED) is 0.317. The number of nitrogens with zero attached hydrogens (tertiary/aromatic N) is 4. The molecule has 0 spiro atoms. The van der Waals surface area contributed by atoms with E-state index >= 15 is 0 Å². The molecule has 0 saturated carbocycles. The van der Waals surface area contributed by atoms with Crippen molar-refractivity contribution in [1.29, 1.82) is 0 Å². The highest BCUT2D eigenvalue weighted by Crippen LogP contribution is 2.36. The predicted octanol–water partition coefficient (Wildman–Crippen LogP) is 5.05. The van der Waals surface area contributed by atoms with Crippen molar-refractivity contribution in [1.82, 2.24) is 20.2 Å². The van der Waals surface area contributed by atoms with Crippen molar-refractivity contribution in [2.24, 2.45) is 7.05 Å². The van der Waals surface area contributed by atoms with Gasteiger partial charge in [-0.1, -0.05) is 59.7 Å². The third-order valence-electron chi connectivity index (χ3n) is 6.10. The van der Waals surface area contributed by atoms with Gasteiger partial charge in [0, 0.05) is 24.6 Å². The summed E-state index contributed by atoms with van der Waals surface area (Å²) in [5.74, 6) is 0.353. The Hall–Kier alpha value is -3.58. The highest BCUT2D eigenvalue weighted by molar-refractivity contribution is 6.02. The molecule has 0 aliphatic heterocycles. The van der Waals surface area contributed by atoms with Gasteiger partial charge in [-0.25, -0.2) is 4.68 Å². The van der Waals surface area contributed by atoms with Crippen LogP contribution in [0, 0.1) is 27.7 Å². The minimum absolute atomic E-state index is 0.244. The van der Waals surface area contributed by atoms with Gasteiger partial charge in [-0.05, 0) is 80.1 Å². The Morgan fingerprint density at radius 3 is 2.17 bits per heavy atom. The molecule has 2 aromatic carbocycles. The number of carbonyl (C=O) groups excluding carboxylic acids is 1. The molecule has 0 aliphatic carbocycles. The number of hydrogen-bond acceptors (Lipinski definition) is 6. The Morgan fingerprint density at radius 1 is 1.06 bits per heavy atom. The zero-order valence-electron chi connectivity index (χ0n) is 22.1. The molecule has 0 aliphatic rings. The van der Waals surface area contributed by atoms with E-state index in [1.807, 2.05) is 6.08 Å². The highest BCUT2D eigenvalue weighted by atomic mass is 16.5. The smallest absolute Gasteiger partial charge is 0.305 e. The molecule has 1 heterocycles. The second kappa shape index (κ2) is 12.4. The first kappa shape index (κ1) is 27.0. The molecule has 0 saturated heterocycles. The molecule has 7 nitrogen and oxygen atoms in total. The highest BCUT2D eigenvalue weighted by Gasteiger charge is 2.20. The Kier molecular flexibility index (Phi) is 9.31. The summed E-state index contributed by atoms with van der Waals surface area (Å²) in [5, 5.41) is 23.0. The van der Waals surface area contributed by atoms with Crippen molar-refractivity contribution in [3.05, 3.63) is 87.8 Å². The van der Waals surface area contributed by atoms with E-state index in [-0.39, 0.29) is 12.4 Å². The number of aromatic nitrogens is 4. The number of aliphatic hydroxyl groups excluding tert-OH is 1. The van der Waals surface area contributed by atoms with Crippen molar-refractivity contribution in [3.8, 4) is 0 Å². The zero-order chi connectivity index (χ0) is 26.2. The molecule has 3 rings (SSSR count). The fourth-order valence-corrected chi connectivity index (χ4v) is 4.34. The molecule has 3 aromatic rings. The predicted molar refractivity (Wildman–Crippen MR) is 142 cm³/mol. The van der Waals surface area contributed by atoms with Gasteiger partial charge < -0.3 is 9.84 Å². The molecule has 1 aromatic heterocycles. The molecule has 1 N–H and O–H groups in total. The lowest BCUT2D eigenvalue weighted by Gasteiger charge is -2.19. The van der Waals surface area contributed by atoms with Crippen LogP contribution in [0.2, 0.25) is 0 Å². The summed E-state index contributed by atoms with van der Waals surface area (Å²) in [7, 11) is 1.81. The van der Waals surface area contributed by atoms with Gasteiger partial charge in [0.2, 0.25) is 0 Å². The Labute approximate surface area is 213 Å². The lowest BCUT2D eigenvalue weighted by molar-refractivity contribution is -0.143. The van der Waals surface area contributed by atoms with E-state index in [2.05, 4.69) is 79.6 Å². The molecule has 0 amide bonds. The number of aliphatic hydroxyl groups is 1. The molecular formula is C29H36N4O3. The number of rotatable bonds is 10. The second-order valence-corrected chi connectivity index (χ2v) is 9.18. The molecule has 0 radical (unpaired) electrons. The average molecular weight is 489 g/mol. The third kappa shape index (κ3) is 6.76. The standard InChI is InChI=1S/C29H36N4O3/c1-7-36-27(35)10-8-9-23(34)13-16-26(29-30-31-32-33(29)6)28(24-14-11-19(2)17-21(24)4)25-15-12-20(3)18-22(25)5/h11-18,23,34H,7-10H2,1-6H3. The number of allylic oxidation sites excluding steroid dienone is 2. The lowest BCUT2D eigenvalue weighted by Crippen LogP contribution is -2.08. The summed E-state index contributed by atoms with van der Waals surface area (Å²) in [6.07, 6.45) is 4.19. The number of benzene rings is 2. The van der Waals surface area contributed by atoms with Crippen LogP contribution < -0.4 is 0 Å². The summed E-state index contributed by atoms with van der Waals surface area (Å²) < 4.78 is 6.62. The maximum absolute atomic E-state index is 11.6. The van der Waals surface area contributed by atoms with Gasteiger partial charge in [-0.15, -0.1) is 5.10 Å². The van der Waals surface area contributed by atoms with Crippen LogP contribution in [0.3, 0.4) is 0 Å². The Bertz CT molecular complexity index is 1220. The van der Waals surface area contributed by atoms with Crippen LogP contribution in [0.1, 0.15) is 65.4 Å². The van der Waals surface area contributed by atoms with Gasteiger partial charge in [-0.3, -0.25) is 4.79 Å². The van der Waals surface area contributed by atoms with Gasteiger partial charge in [0.15, 0.2) is 5.82 Å². The van der Waals surface area contributed by atoms with Gasteiger partial charge in [0.1, 0.15) is 0 Å². The van der Waals surface area contributed by atoms with Crippen molar-refractivity contribution in [2.75, 3.05) is 6.61 Å². The fourth-order valence-electron chi connectivity index (χ4n) is 4.34. The molecule has 7 heteroatoms. The molecule has 190 valence electrons. The van der Waals surface area contributed by atoms with Gasteiger partial charge >= 0.3 is 5.97 Å². The van der Waals surface area contributed by atoms with Gasteiger partial charge in [0.25, 0.3) is 0 Å². The lowest BCUT2D eigenvalue weighted by atomic mass is 9.86. The van der Waals surface area contributed by atoms with E-state index in [9.17, 15) is 9.90 Å². The number of ether oxygens (including phenoxy) is 1. The number of hydrogen-bond donors (Lipinski definition) is 1. The van der Waals surface area contributed by atoms with E-state index in [0.717, 1.165) is 33.4 Å². The van der Waals surface area contributed by atoms with Crippen LogP contribution in [0.25, 0.3) is 11.1 Å². The van der Waals surface area contributed by atoms with Crippen molar-refractivity contribution in [3.63, 3.8) is 0 Å². The first-order valence-corrected chi connectivity index (χ1v) is 12.3. The minimum Gasteiger partial charge on any atom is -0.466 e. The monoisotopic (exact) mass is 488 g/mol. The van der Waals surface area contributed by atoms with Crippen molar-refractivity contribution < 1.29 is 14.6 Å². The van der Waals surface area contributed by atoms with Crippen molar-refractivity contribution in [2.45, 2.75) is 60.0 Å². The van der Waals surface area contributed by atoms with E-state index in [0.29, 0.717) is 25.3 Å². The summed E-state index contributed by atoms with van der Waals surface area (Å²) in [6, 6.07) is 12.8. The molecule has 0 fully saturated rings. The third-order valence-corrected chi connectivity index (χ3v) is 6.10. The Balaban J connectivity index is 2.13. The topological polar surface area (TPSA) is 90.1 Å². The second-order valence-electron chi connectivity index (χ2n) is 9.18. The fraction of sp³-hybridized carbons (Fsp3) is 0.379. The summed E-state index contributed by atoms with van der Waals surface area (Å²) in [4.78, 5) is 11.6. The van der Waals surface area contributed by atoms with E-state index in [4.69, 9.17) is 4.74 Å². The molecule has 1 unspecified atom stereocenters. The number of esters is 1. The van der Waals surface area contributed by atoms with Crippen LogP contribution in [0.4, 0.5) is 0 Å². The van der Waals surface area contributed by atoms with Crippen LogP contribution >= 0.6 is 0 Å². The molecule has 36 heavy (non-hydrogen) atoms. The SMILES string of the molecule is CCOC(=O)CCCC(O)C=CC(=C(c1ccc(C)cc1C)c1ccc(C)cc1C)c1nnnn1C. The first-order chi connectivity index (χ1) is 17.2. The van der Waals surface area contributed by atoms with Crippen molar-refractivity contribution >= 4 is 17.1 Å². The van der Waals surface area contributed by atoms with Crippen LogP contribution in [-0.2, 0) is 16.6 Å². The van der Waals surface area contributed by atoms with E-state index in [1.54, 1.807) is 24.7 Å². The molecular weight excluding hydrogens is 452 g/mol. The summed E-state index contributed by atoms with van der Waals surface area (Å²) in [5.41, 5.74) is 8.61. The number of carbonyl (C=O) groups is 1. The Morgan fingerprint density at radius 2 is 1.67 bits per heavy atom. The van der Waals surface area contributed by atoms with Gasteiger partial charge in [0.05, 0.1) is 12.7 Å². The maximum atomic E-state index is 11.6. The molecule has 0 bridgehead atoms. The normalized spacial score (nSPS) is 12.1. The number of aryl methyl sites for hydroxylation is 5. The summed E-state index contributed by atoms with van der Waals surface area (Å²) >= 11 is 0. The average Bonchev–Trinajstić information content (AvgIpc) is 3.23. The van der Waals surface area contributed by atoms with Crippen LogP contribution in [0.5, 0.6) is 0 Å². The number of tetrazole rings is 1. The van der Waals surface area contributed by atoms with Crippen LogP contribution in [0.15, 0.2) is 48.6 Å². The zero-order valence-corrected chi connectivity index (χ0v) is 22.1. The van der Waals surface area contributed by atoms with E-state index in [1.165, 1.54) is 11.1 Å². The first-order valence-electron chi connectivity index (χ1n) is 12.3. The largest absolute Gasteiger partial charge is 0.466 e. The van der Waals surface area contributed by atoms with E-state index < -0.39 is 6.10 Å². The summed E-state index contributed by atoms with van der Waals surface area (Å²) in [6.45, 7) is 10.5. The molecule has 1 atom stereocenters. The van der Waals surface area contributed by atoms with Crippen LogP contribution in [-0.4, -0.2) is 44.0 Å².